The minimum Gasteiger partial charge on any atom is -0.491 e. The topological polar surface area (TPSA) is 61.8 Å². The van der Waals surface area contributed by atoms with Gasteiger partial charge in [0.05, 0.1) is 0 Å². The number of carbonyl (C=O) groups excluding carboxylic acids is 1. The number of nitrogens with one attached hydrogen (secondary N) is 1. The van der Waals surface area contributed by atoms with Crippen LogP contribution in [-0.2, 0) is 4.79 Å². The molecule has 1 aliphatic rings. The summed E-state index contributed by atoms with van der Waals surface area (Å²) in [5.74, 6) is 1.97. The Morgan fingerprint density at radius 2 is 1.91 bits per heavy atom. The first-order valence-electron chi connectivity index (χ1n) is 8.33. The third-order valence-electron chi connectivity index (χ3n) is 4.03. The molecule has 1 saturated heterocycles. The van der Waals surface area contributed by atoms with Crippen molar-refractivity contribution < 1.29 is 14.6 Å². The minimum atomic E-state index is -0.498. The number of rotatable bonds is 6. The lowest BCUT2D eigenvalue weighted by Gasteiger charge is -2.35. The second-order valence-electron chi connectivity index (χ2n) is 6.83. The SMILES string of the molecule is CC(=O)Nc1ccc(OCC(O)CN2CC(C)CC(C)C2)cc1. The van der Waals surface area contributed by atoms with E-state index in [1.165, 1.54) is 13.3 Å². The average molecular weight is 320 g/mol. The van der Waals surface area contributed by atoms with Crippen molar-refractivity contribution >= 4 is 11.6 Å². The Hall–Kier alpha value is -1.59. The van der Waals surface area contributed by atoms with Crippen LogP contribution in [0.4, 0.5) is 5.69 Å². The first kappa shape index (κ1) is 17.8. The van der Waals surface area contributed by atoms with Gasteiger partial charge in [-0.05, 0) is 42.5 Å². The number of β-amino-alcohol motifs (C(OH)–C–C–N with tert-alkyl or cyclic N) is 1. The van der Waals surface area contributed by atoms with Crippen molar-refractivity contribution in [2.45, 2.75) is 33.3 Å². The summed E-state index contributed by atoms with van der Waals surface area (Å²) in [5.41, 5.74) is 0.738. The molecule has 1 aliphatic heterocycles. The number of hydrogen-bond donors (Lipinski definition) is 2. The summed E-state index contributed by atoms with van der Waals surface area (Å²) in [6.45, 7) is 9.03. The molecule has 3 atom stereocenters. The van der Waals surface area contributed by atoms with Gasteiger partial charge in [0.1, 0.15) is 18.5 Å². The highest BCUT2D eigenvalue weighted by Crippen LogP contribution is 2.21. The number of aliphatic hydroxyl groups excluding tert-OH is 1. The van der Waals surface area contributed by atoms with E-state index in [9.17, 15) is 9.90 Å². The van der Waals surface area contributed by atoms with E-state index < -0.39 is 6.10 Å². The Bertz CT molecular complexity index is 493. The van der Waals surface area contributed by atoms with Crippen molar-refractivity contribution in [2.24, 2.45) is 11.8 Å². The minimum absolute atomic E-state index is 0.0981. The normalized spacial score (nSPS) is 23.3. The van der Waals surface area contributed by atoms with Gasteiger partial charge < -0.3 is 20.1 Å². The fourth-order valence-electron chi connectivity index (χ4n) is 3.32. The first-order chi connectivity index (χ1) is 10.9. The van der Waals surface area contributed by atoms with Crippen molar-refractivity contribution in [2.75, 3.05) is 31.6 Å². The second kappa shape index (κ2) is 8.31. The Morgan fingerprint density at radius 1 is 1.30 bits per heavy atom. The van der Waals surface area contributed by atoms with E-state index in [4.69, 9.17) is 4.74 Å². The van der Waals surface area contributed by atoms with E-state index in [-0.39, 0.29) is 12.5 Å². The van der Waals surface area contributed by atoms with Crippen LogP contribution in [0.25, 0.3) is 0 Å². The molecule has 0 aromatic heterocycles. The Kier molecular flexibility index (Phi) is 6.42. The first-order valence-corrected chi connectivity index (χ1v) is 8.33. The molecule has 3 unspecified atom stereocenters. The van der Waals surface area contributed by atoms with E-state index in [1.54, 1.807) is 24.3 Å². The highest BCUT2D eigenvalue weighted by molar-refractivity contribution is 5.88. The number of anilines is 1. The molecule has 1 aromatic rings. The van der Waals surface area contributed by atoms with Gasteiger partial charge >= 0.3 is 0 Å². The van der Waals surface area contributed by atoms with Gasteiger partial charge in [-0.1, -0.05) is 13.8 Å². The molecule has 2 rings (SSSR count). The number of amides is 1. The Morgan fingerprint density at radius 3 is 2.48 bits per heavy atom. The van der Waals surface area contributed by atoms with Gasteiger partial charge in [0.25, 0.3) is 0 Å². The molecule has 0 aliphatic carbocycles. The molecule has 1 amide bonds. The van der Waals surface area contributed by atoms with E-state index in [0.717, 1.165) is 18.8 Å². The van der Waals surface area contributed by atoms with E-state index >= 15 is 0 Å². The molecule has 5 nitrogen and oxygen atoms in total. The molecule has 2 N–H and O–H groups in total. The standard InChI is InChI=1S/C18H28N2O3/c1-13-8-14(2)10-20(9-13)11-17(22)12-23-18-6-4-16(5-7-18)19-15(3)21/h4-7,13-14,17,22H,8-12H2,1-3H3,(H,19,21). The van der Waals surface area contributed by atoms with Crippen molar-refractivity contribution in [1.82, 2.24) is 4.90 Å². The number of nitrogens with zero attached hydrogens (tertiary/aromatic N) is 1. The number of piperidine rings is 1. The summed E-state index contributed by atoms with van der Waals surface area (Å²) in [7, 11) is 0. The molecule has 0 saturated carbocycles. The van der Waals surface area contributed by atoms with Gasteiger partial charge in [0, 0.05) is 32.2 Å². The average Bonchev–Trinajstić information content (AvgIpc) is 2.45. The van der Waals surface area contributed by atoms with Crippen LogP contribution in [0, 0.1) is 11.8 Å². The lowest BCUT2D eigenvalue weighted by Crippen LogP contribution is -2.43. The molecule has 1 fully saturated rings. The zero-order valence-electron chi connectivity index (χ0n) is 14.3. The molecule has 23 heavy (non-hydrogen) atoms. The van der Waals surface area contributed by atoms with Gasteiger partial charge in [0.15, 0.2) is 0 Å². The maximum atomic E-state index is 11.0. The van der Waals surface area contributed by atoms with Crippen LogP contribution in [-0.4, -0.2) is 48.3 Å². The van der Waals surface area contributed by atoms with Crippen LogP contribution in [0.15, 0.2) is 24.3 Å². The molecule has 1 heterocycles. The second-order valence-corrected chi connectivity index (χ2v) is 6.83. The molecular formula is C18H28N2O3. The molecule has 0 bridgehead atoms. The predicted molar refractivity (Wildman–Crippen MR) is 91.6 cm³/mol. The van der Waals surface area contributed by atoms with Crippen LogP contribution in [0.5, 0.6) is 5.75 Å². The van der Waals surface area contributed by atoms with E-state index in [2.05, 4.69) is 24.1 Å². The largest absolute Gasteiger partial charge is 0.491 e. The number of carbonyl (C=O) groups is 1. The predicted octanol–water partition coefficient (Wildman–Crippen LogP) is 2.36. The Labute approximate surface area is 138 Å². The van der Waals surface area contributed by atoms with Gasteiger partial charge in [-0.2, -0.15) is 0 Å². The third-order valence-corrected chi connectivity index (χ3v) is 4.03. The van der Waals surface area contributed by atoms with Gasteiger partial charge in [-0.3, -0.25) is 4.79 Å². The summed E-state index contributed by atoms with van der Waals surface area (Å²) in [4.78, 5) is 13.3. The maximum Gasteiger partial charge on any atom is 0.221 e. The number of aliphatic hydroxyl groups is 1. The molecular weight excluding hydrogens is 292 g/mol. The zero-order chi connectivity index (χ0) is 16.8. The monoisotopic (exact) mass is 320 g/mol. The van der Waals surface area contributed by atoms with E-state index in [0.29, 0.717) is 24.1 Å². The number of benzene rings is 1. The molecule has 0 spiro atoms. The highest BCUT2D eigenvalue weighted by Gasteiger charge is 2.23. The van der Waals surface area contributed by atoms with Crippen LogP contribution >= 0.6 is 0 Å². The van der Waals surface area contributed by atoms with E-state index in [1.807, 2.05) is 0 Å². The van der Waals surface area contributed by atoms with Crippen LogP contribution in [0.3, 0.4) is 0 Å². The van der Waals surface area contributed by atoms with Crippen LogP contribution in [0.2, 0.25) is 0 Å². The molecule has 1 aromatic carbocycles. The van der Waals surface area contributed by atoms with Crippen LogP contribution < -0.4 is 10.1 Å². The molecule has 0 radical (unpaired) electrons. The fraction of sp³-hybridized carbons (Fsp3) is 0.611. The smallest absolute Gasteiger partial charge is 0.221 e. The van der Waals surface area contributed by atoms with Gasteiger partial charge in [-0.25, -0.2) is 0 Å². The van der Waals surface area contributed by atoms with Gasteiger partial charge in [-0.15, -0.1) is 0 Å². The molecule has 128 valence electrons. The third kappa shape index (κ3) is 6.20. The fourth-order valence-corrected chi connectivity index (χ4v) is 3.32. The highest BCUT2D eigenvalue weighted by atomic mass is 16.5. The van der Waals surface area contributed by atoms with Crippen LogP contribution in [0.1, 0.15) is 27.2 Å². The Balaban J connectivity index is 1.75. The maximum absolute atomic E-state index is 11.0. The quantitative estimate of drug-likeness (QED) is 0.845. The number of ether oxygens (including phenoxy) is 1. The molecule has 5 heteroatoms. The summed E-state index contributed by atoms with van der Waals surface area (Å²) < 4.78 is 5.63. The number of likely N-dealkylation sites (tertiary alicyclic amines) is 1. The zero-order valence-corrected chi connectivity index (χ0v) is 14.3. The van der Waals surface area contributed by atoms with Crippen molar-refractivity contribution in [1.29, 1.82) is 0 Å². The summed E-state index contributed by atoms with van der Waals surface area (Å²) >= 11 is 0. The number of hydrogen-bond acceptors (Lipinski definition) is 4. The lowest BCUT2D eigenvalue weighted by atomic mass is 9.92. The van der Waals surface area contributed by atoms with Gasteiger partial charge in [0.2, 0.25) is 5.91 Å². The lowest BCUT2D eigenvalue weighted by molar-refractivity contribution is -0.114. The van der Waals surface area contributed by atoms with Crippen molar-refractivity contribution in [3.63, 3.8) is 0 Å². The summed E-state index contributed by atoms with van der Waals surface area (Å²) in [5, 5.41) is 12.9. The summed E-state index contributed by atoms with van der Waals surface area (Å²) in [6.07, 6.45) is 0.770. The van der Waals surface area contributed by atoms with Crippen molar-refractivity contribution in [3.8, 4) is 5.75 Å². The summed E-state index contributed by atoms with van der Waals surface area (Å²) in [6, 6.07) is 7.17. The van der Waals surface area contributed by atoms with Crippen molar-refractivity contribution in [3.05, 3.63) is 24.3 Å².